The van der Waals surface area contributed by atoms with Crippen molar-refractivity contribution in [1.29, 1.82) is 0 Å². The van der Waals surface area contributed by atoms with Crippen LogP contribution < -0.4 is 5.32 Å². The van der Waals surface area contributed by atoms with E-state index in [0.717, 1.165) is 16.7 Å². The van der Waals surface area contributed by atoms with Crippen molar-refractivity contribution in [2.45, 2.75) is 20.0 Å². The summed E-state index contributed by atoms with van der Waals surface area (Å²) in [7, 11) is 0. The number of aromatic nitrogens is 2. The smallest absolute Gasteiger partial charge is 0.349 e. The number of esters is 1. The van der Waals surface area contributed by atoms with Gasteiger partial charge >= 0.3 is 5.97 Å². The number of aryl methyl sites for hydroxylation is 1. The zero-order valence-electron chi connectivity index (χ0n) is 16.6. The lowest BCUT2D eigenvalue weighted by atomic mass is 10.3. The fourth-order valence-corrected chi connectivity index (χ4v) is 4.04. The Labute approximate surface area is 180 Å². The Morgan fingerprint density at radius 2 is 1.84 bits per heavy atom. The van der Waals surface area contributed by atoms with Crippen LogP contribution in [0.1, 0.15) is 22.3 Å². The van der Waals surface area contributed by atoms with Crippen LogP contribution in [0.2, 0.25) is 0 Å². The van der Waals surface area contributed by atoms with Gasteiger partial charge in [0.25, 0.3) is 5.91 Å². The minimum absolute atomic E-state index is 0.00674. The van der Waals surface area contributed by atoms with Gasteiger partial charge < -0.3 is 10.1 Å². The van der Waals surface area contributed by atoms with Gasteiger partial charge in [-0.05, 0) is 56.3 Å². The number of hydrogen-bond acceptors (Lipinski definition) is 5. The number of anilines is 1. The third-order valence-electron chi connectivity index (χ3n) is 4.60. The number of fused-ring (bicyclic) bond motifs is 1. The molecule has 0 saturated heterocycles. The van der Waals surface area contributed by atoms with Gasteiger partial charge in [-0.25, -0.2) is 18.3 Å². The number of ether oxygens (including phenoxy) is 1. The molecule has 4 rings (SSSR count). The highest BCUT2D eigenvalue weighted by molar-refractivity contribution is 7.20. The van der Waals surface area contributed by atoms with E-state index < -0.39 is 23.8 Å². The molecule has 0 bridgehead atoms. The van der Waals surface area contributed by atoms with E-state index in [1.165, 1.54) is 37.3 Å². The monoisotopic (exact) mass is 441 g/mol. The summed E-state index contributed by atoms with van der Waals surface area (Å²) in [6, 6.07) is 13.2. The number of amides is 1. The van der Waals surface area contributed by atoms with Crippen molar-refractivity contribution in [3.05, 3.63) is 76.8 Å². The Bertz CT molecular complexity index is 1280. The molecule has 4 aromatic rings. The van der Waals surface area contributed by atoms with Crippen molar-refractivity contribution < 1.29 is 23.1 Å². The summed E-state index contributed by atoms with van der Waals surface area (Å²) in [6.07, 6.45) is -1.13. The van der Waals surface area contributed by atoms with Crippen LogP contribution in [0.5, 0.6) is 0 Å². The fourth-order valence-electron chi connectivity index (χ4n) is 2.97. The second-order valence-corrected chi connectivity index (χ2v) is 7.85. The highest BCUT2D eigenvalue weighted by atomic mass is 32.1. The van der Waals surface area contributed by atoms with Crippen molar-refractivity contribution in [3.8, 4) is 5.69 Å². The molecule has 1 atom stereocenters. The van der Waals surface area contributed by atoms with E-state index in [1.807, 2.05) is 0 Å². The number of carbonyl (C=O) groups is 2. The molecule has 0 aliphatic heterocycles. The number of halogens is 2. The number of nitrogens with one attached hydrogen (secondary N) is 1. The first kappa shape index (κ1) is 20.7. The molecule has 1 amide bonds. The van der Waals surface area contributed by atoms with Crippen LogP contribution >= 0.6 is 11.3 Å². The predicted molar refractivity (Wildman–Crippen MR) is 114 cm³/mol. The average molecular weight is 441 g/mol. The minimum Gasteiger partial charge on any atom is -0.448 e. The summed E-state index contributed by atoms with van der Waals surface area (Å²) in [4.78, 5) is 25.9. The number of para-hydroxylation sites is 1. The Balaban J connectivity index is 1.53. The topological polar surface area (TPSA) is 73.2 Å². The van der Waals surface area contributed by atoms with Crippen LogP contribution in [-0.4, -0.2) is 27.8 Å². The van der Waals surface area contributed by atoms with Crippen LogP contribution in [0.4, 0.5) is 14.5 Å². The highest BCUT2D eigenvalue weighted by Crippen LogP contribution is 2.31. The Morgan fingerprint density at radius 1 is 1.13 bits per heavy atom. The zero-order valence-corrected chi connectivity index (χ0v) is 17.4. The van der Waals surface area contributed by atoms with E-state index in [1.54, 1.807) is 35.9 Å². The van der Waals surface area contributed by atoms with Gasteiger partial charge in [-0.15, -0.1) is 11.3 Å². The van der Waals surface area contributed by atoms with Gasteiger partial charge in [0.15, 0.2) is 6.10 Å². The van der Waals surface area contributed by atoms with Crippen molar-refractivity contribution >= 4 is 39.1 Å². The van der Waals surface area contributed by atoms with Crippen LogP contribution in [0.15, 0.2) is 54.6 Å². The Hall–Kier alpha value is -3.59. The predicted octanol–water partition coefficient (Wildman–Crippen LogP) is 4.86. The maximum Gasteiger partial charge on any atom is 0.349 e. The largest absolute Gasteiger partial charge is 0.448 e. The minimum atomic E-state index is -1.13. The van der Waals surface area contributed by atoms with E-state index >= 15 is 0 Å². The Kier molecular flexibility index (Phi) is 5.51. The lowest BCUT2D eigenvalue weighted by molar-refractivity contribution is -0.123. The maximum absolute atomic E-state index is 13.7. The average Bonchev–Trinajstić information content (AvgIpc) is 3.31. The molecule has 9 heteroatoms. The lowest BCUT2D eigenvalue weighted by Crippen LogP contribution is -2.30. The summed E-state index contributed by atoms with van der Waals surface area (Å²) < 4.78 is 33.8. The molecule has 0 saturated carbocycles. The zero-order chi connectivity index (χ0) is 22.1. The SMILES string of the molecule is Cc1nn(-c2ccc(F)cc2)c2sc(C(=O)OC(C)C(=O)Nc3ccccc3F)cc12. The fraction of sp³-hybridized carbons (Fsp3) is 0.136. The summed E-state index contributed by atoms with van der Waals surface area (Å²) in [6.45, 7) is 3.21. The van der Waals surface area contributed by atoms with Gasteiger partial charge in [0.1, 0.15) is 21.3 Å². The van der Waals surface area contributed by atoms with Gasteiger partial charge in [0.05, 0.1) is 17.1 Å². The second-order valence-electron chi connectivity index (χ2n) is 6.82. The molecule has 31 heavy (non-hydrogen) atoms. The molecule has 6 nitrogen and oxygen atoms in total. The van der Waals surface area contributed by atoms with Crippen molar-refractivity contribution in [2.24, 2.45) is 0 Å². The van der Waals surface area contributed by atoms with Crippen LogP contribution in [0.25, 0.3) is 15.9 Å². The number of benzene rings is 2. The third kappa shape index (κ3) is 4.17. The van der Waals surface area contributed by atoms with E-state index in [-0.39, 0.29) is 16.4 Å². The van der Waals surface area contributed by atoms with E-state index in [2.05, 4.69) is 10.4 Å². The summed E-state index contributed by atoms with van der Waals surface area (Å²) in [5.41, 5.74) is 1.35. The van der Waals surface area contributed by atoms with E-state index in [0.29, 0.717) is 16.2 Å². The van der Waals surface area contributed by atoms with Crippen molar-refractivity contribution in [1.82, 2.24) is 9.78 Å². The molecule has 1 unspecified atom stereocenters. The molecule has 2 aromatic carbocycles. The number of thiophene rings is 1. The van der Waals surface area contributed by atoms with E-state index in [9.17, 15) is 18.4 Å². The molecule has 2 heterocycles. The molecule has 1 N–H and O–H groups in total. The molecule has 2 aromatic heterocycles. The first-order chi connectivity index (χ1) is 14.8. The standard InChI is InChI=1S/C22H17F2N3O3S/c1-12-16-11-19(31-21(16)27(26-12)15-9-7-14(23)8-10-15)22(29)30-13(2)20(28)25-18-6-4-3-5-17(18)24/h3-11,13H,1-2H3,(H,25,28). The summed E-state index contributed by atoms with van der Waals surface area (Å²) in [5.74, 6) is -2.27. The quantitative estimate of drug-likeness (QED) is 0.449. The number of carbonyl (C=O) groups excluding carboxylic acids is 2. The molecule has 158 valence electrons. The molecule has 0 aliphatic rings. The maximum atomic E-state index is 13.7. The molecule has 0 spiro atoms. The molecule has 0 fully saturated rings. The highest BCUT2D eigenvalue weighted by Gasteiger charge is 2.23. The number of hydrogen-bond donors (Lipinski definition) is 1. The molecular formula is C22H17F2N3O3S. The van der Waals surface area contributed by atoms with Gasteiger partial charge in [0.2, 0.25) is 0 Å². The van der Waals surface area contributed by atoms with Gasteiger partial charge in [-0.1, -0.05) is 12.1 Å². The van der Waals surface area contributed by atoms with Gasteiger partial charge in [-0.2, -0.15) is 5.10 Å². The van der Waals surface area contributed by atoms with Crippen LogP contribution in [-0.2, 0) is 9.53 Å². The summed E-state index contributed by atoms with van der Waals surface area (Å²) in [5, 5.41) is 7.60. The molecule has 0 aliphatic carbocycles. The number of nitrogens with zero attached hydrogens (tertiary/aromatic N) is 2. The molecular weight excluding hydrogens is 424 g/mol. The second kappa shape index (κ2) is 8.27. The Morgan fingerprint density at radius 3 is 2.55 bits per heavy atom. The van der Waals surface area contributed by atoms with Crippen LogP contribution in [0.3, 0.4) is 0 Å². The van der Waals surface area contributed by atoms with Crippen molar-refractivity contribution in [2.75, 3.05) is 5.32 Å². The summed E-state index contributed by atoms with van der Waals surface area (Å²) >= 11 is 1.15. The lowest BCUT2D eigenvalue weighted by Gasteiger charge is -2.13. The van der Waals surface area contributed by atoms with Gasteiger partial charge in [-0.3, -0.25) is 4.79 Å². The van der Waals surface area contributed by atoms with Gasteiger partial charge in [0, 0.05) is 5.39 Å². The van der Waals surface area contributed by atoms with E-state index in [4.69, 9.17) is 4.74 Å². The normalized spacial score (nSPS) is 12.0. The van der Waals surface area contributed by atoms with Crippen molar-refractivity contribution in [3.63, 3.8) is 0 Å². The first-order valence-electron chi connectivity index (χ1n) is 9.35. The van der Waals surface area contributed by atoms with Crippen LogP contribution in [0, 0.1) is 18.6 Å². The number of rotatable bonds is 5. The first-order valence-corrected chi connectivity index (χ1v) is 10.2. The third-order valence-corrected chi connectivity index (χ3v) is 5.69. The molecule has 0 radical (unpaired) electrons.